The SMILES string of the molecule is Cc1ccc(-n2c(SCC(=O)N/N=C\c3c(Cl)cccc3Cl)nnc2-c2ccc(Cl)cc2)cc1. The number of amides is 1. The number of nitrogens with zero attached hydrogens (tertiary/aromatic N) is 4. The molecule has 0 aliphatic carbocycles. The van der Waals surface area contributed by atoms with Crippen LogP contribution < -0.4 is 5.43 Å². The predicted molar refractivity (Wildman–Crippen MR) is 139 cm³/mol. The molecule has 0 radical (unpaired) electrons. The van der Waals surface area contributed by atoms with Gasteiger partial charge in [0.2, 0.25) is 0 Å². The van der Waals surface area contributed by atoms with E-state index in [0.29, 0.717) is 31.6 Å². The number of nitrogens with one attached hydrogen (secondary N) is 1. The van der Waals surface area contributed by atoms with E-state index in [1.54, 1.807) is 30.3 Å². The Bertz CT molecular complexity index is 1320. The maximum atomic E-state index is 12.4. The van der Waals surface area contributed by atoms with Crippen LogP contribution in [0, 0.1) is 6.92 Å². The van der Waals surface area contributed by atoms with Crippen LogP contribution in [0.4, 0.5) is 0 Å². The number of rotatable bonds is 7. The normalized spacial score (nSPS) is 11.2. The minimum atomic E-state index is -0.309. The number of thioether (sulfide) groups is 1. The van der Waals surface area contributed by atoms with E-state index in [1.807, 2.05) is 47.9 Å². The number of carbonyl (C=O) groups is 1. The van der Waals surface area contributed by atoms with Gasteiger partial charge < -0.3 is 0 Å². The van der Waals surface area contributed by atoms with Gasteiger partial charge in [0.15, 0.2) is 11.0 Å². The van der Waals surface area contributed by atoms with E-state index in [2.05, 4.69) is 20.7 Å². The fourth-order valence-electron chi connectivity index (χ4n) is 3.04. The van der Waals surface area contributed by atoms with E-state index < -0.39 is 0 Å². The van der Waals surface area contributed by atoms with Crippen LogP contribution in [0.2, 0.25) is 15.1 Å². The number of aromatic nitrogens is 3. The van der Waals surface area contributed by atoms with Gasteiger partial charge in [-0.15, -0.1) is 10.2 Å². The molecule has 4 rings (SSSR count). The molecule has 0 atom stereocenters. The molecule has 1 heterocycles. The number of benzene rings is 3. The van der Waals surface area contributed by atoms with Crippen molar-refractivity contribution in [2.75, 3.05) is 5.75 Å². The van der Waals surface area contributed by atoms with Crippen molar-refractivity contribution in [1.29, 1.82) is 0 Å². The quantitative estimate of drug-likeness (QED) is 0.169. The summed E-state index contributed by atoms with van der Waals surface area (Å²) in [5.41, 5.74) is 5.90. The zero-order chi connectivity index (χ0) is 24.1. The summed E-state index contributed by atoms with van der Waals surface area (Å²) < 4.78 is 1.91. The molecule has 0 spiro atoms. The molecule has 1 aromatic heterocycles. The molecule has 34 heavy (non-hydrogen) atoms. The zero-order valence-electron chi connectivity index (χ0n) is 17.9. The summed E-state index contributed by atoms with van der Waals surface area (Å²) in [5.74, 6) is 0.420. The molecular weight excluding hydrogens is 513 g/mol. The number of aryl methyl sites for hydroxylation is 1. The van der Waals surface area contributed by atoms with Gasteiger partial charge in [0.25, 0.3) is 5.91 Å². The summed E-state index contributed by atoms with van der Waals surface area (Å²) >= 11 is 19.5. The van der Waals surface area contributed by atoms with Crippen molar-refractivity contribution < 1.29 is 4.79 Å². The fraction of sp³-hybridized carbons (Fsp3) is 0.0833. The molecule has 10 heteroatoms. The monoisotopic (exact) mass is 529 g/mol. The lowest BCUT2D eigenvalue weighted by atomic mass is 10.2. The smallest absolute Gasteiger partial charge is 0.250 e. The maximum absolute atomic E-state index is 12.4. The third-order valence-corrected chi connectivity index (χ3v) is 6.58. The van der Waals surface area contributed by atoms with Gasteiger partial charge in [-0.1, -0.05) is 70.3 Å². The molecule has 0 saturated carbocycles. The summed E-state index contributed by atoms with van der Waals surface area (Å²) in [6.45, 7) is 2.02. The van der Waals surface area contributed by atoms with Crippen molar-refractivity contribution in [3.63, 3.8) is 0 Å². The highest BCUT2D eigenvalue weighted by atomic mass is 35.5. The summed E-state index contributed by atoms with van der Waals surface area (Å²) in [4.78, 5) is 12.4. The highest BCUT2D eigenvalue weighted by molar-refractivity contribution is 7.99. The fourth-order valence-corrected chi connectivity index (χ4v) is 4.41. The summed E-state index contributed by atoms with van der Waals surface area (Å²) in [6, 6.07) is 20.5. The first-order chi connectivity index (χ1) is 16.4. The van der Waals surface area contributed by atoms with Gasteiger partial charge in [-0.2, -0.15) is 5.10 Å². The highest BCUT2D eigenvalue weighted by Gasteiger charge is 2.17. The molecule has 6 nitrogen and oxygen atoms in total. The van der Waals surface area contributed by atoms with E-state index in [4.69, 9.17) is 34.8 Å². The lowest BCUT2D eigenvalue weighted by Crippen LogP contribution is -2.20. The predicted octanol–water partition coefficient (Wildman–Crippen LogP) is 6.45. The van der Waals surface area contributed by atoms with Gasteiger partial charge in [0, 0.05) is 21.8 Å². The summed E-state index contributed by atoms with van der Waals surface area (Å²) in [7, 11) is 0. The first-order valence-electron chi connectivity index (χ1n) is 10.1. The molecule has 0 unspecified atom stereocenters. The second-order valence-electron chi connectivity index (χ2n) is 7.20. The second-order valence-corrected chi connectivity index (χ2v) is 9.39. The molecule has 0 aliphatic rings. The Morgan fingerprint density at radius 1 is 1.00 bits per heavy atom. The van der Waals surface area contributed by atoms with Crippen LogP contribution in [0.1, 0.15) is 11.1 Å². The van der Waals surface area contributed by atoms with Crippen LogP contribution >= 0.6 is 46.6 Å². The average Bonchev–Trinajstić information content (AvgIpc) is 3.24. The highest BCUT2D eigenvalue weighted by Crippen LogP contribution is 2.29. The van der Waals surface area contributed by atoms with Gasteiger partial charge in [0.05, 0.1) is 22.0 Å². The summed E-state index contributed by atoms with van der Waals surface area (Å²) in [5, 5.41) is 14.8. The Balaban J connectivity index is 1.52. The van der Waals surface area contributed by atoms with Crippen LogP contribution in [-0.4, -0.2) is 32.6 Å². The molecule has 0 fully saturated rings. The molecule has 1 amide bonds. The molecule has 0 aliphatic heterocycles. The Hall–Kier alpha value is -2.84. The third kappa shape index (κ3) is 5.80. The molecule has 0 saturated heterocycles. The zero-order valence-corrected chi connectivity index (χ0v) is 21.0. The van der Waals surface area contributed by atoms with Crippen LogP contribution in [0.3, 0.4) is 0 Å². The van der Waals surface area contributed by atoms with Crippen molar-refractivity contribution in [3.8, 4) is 17.1 Å². The van der Waals surface area contributed by atoms with Crippen molar-refractivity contribution in [2.45, 2.75) is 12.1 Å². The Kier molecular flexibility index (Phi) is 7.90. The lowest BCUT2D eigenvalue weighted by Gasteiger charge is -2.10. The third-order valence-electron chi connectivity index (χ3n) is 4.74. The Morgan fingerprint density at radius 3 is 2.35 bits per heavy atom. The van der Waals surface area contributed by atoms with Crippen LogP contribution in [0.15, 0.2) is 77.0 Å². The first-order valence-corrected chi connectivity index (χ1v) is 12.2. The lowest BCUT2D eigenvalue weighted by molar-refractivity contribution is -0.118. The largest absolute Gasteiger partial charge is 0.272 e. The maximum Gasteiger partial charge on any atom is 0.250 e. The molecular formula is C24H18Cl3N5OS. The van der Waals surface area contributed by atoms with Gasteiger partial charge in [-0.3, -0.25) is 9.36 Å². The Morgan fingerprint density at radius 2 is 1.68 bits per heavy atom. The number of hydrogen-bond donors (Lipinski definition) is 1. The van der Waals surface area contributed by atoms with Crippen molar-refractivity contribution in [2.24, 2.45) is 5.10 Å². The molecule has 0 bridgehead atoms. The number of halogens is 3. The second kappa shape index (κ2) is 11.1. The molecule has 1 N–H and O–H groups in total. The topological polar surface area (TPSA) is 72.2 Å². The van der Waals surface area contributed by atoms with Gasteiger partial charge in [0.1, 0.15) is 0 Å². The average molecular weight is 531 g/mol. The summed E-state index contributed by atoms with van der Waals surface area (Å²) in [6.07, 6.45) is 1.42. The number of hydrogen-bond acceptors (Lipinski definition) is 5. The number of hydrazone groups is 1. The molecule has 4 aromatic rings. The minimum absolute atomic E-state index is 0.0816. The van der Waals surface area contributed by atoms with Gasteiger partial charge in [-0.05, 0) is 55.5 Å². The van der Waals surface area contributed by atoms with Crippen molar-refractivity contribution >= 4 is 58.7 Å². The van der Waals surface area contributed by atoms with Crippen LogP contribution in [0.5, 0.6) is 0 Å². The van der Waals surface area contributed by atoms with Crippen molar-refractivity contribution in [1.82, 2.24) is 20.2 Å². The van der Waals surface area contributed by atoms with Crippen LogP contribution in [0.25, 0.3) is 17.1 Å². The number of carbonyl (C=O) groups excluding carboxylic acids is 1. The van der Waals surface area contributed by atoms with E-state index in [-0.39, 0.29) is 11.7 Å². The standard InChI is InChI=1S/C24H18Cl3N5OS/c1-15-5-11-18(12-6-15)32-23(16-7-9-17(25)10-8-16)30-31-24(32)34-14-22(33)29-28-13-19-20(26)3-2-4-21(19)27/h2-13H,14H2,1H3,(H,29,33)/b28-13-. The van der Waals surface area contributed by atoms with Crippen molar-refractivity contribution in [3.05, 3.63) is 92.9 Å². The first kappa shape index (κ1) is 24.3. The molecule has 172 valence electrons. The molecule has 3 aromatic carbocycles. The van der Waals surface area contributed by atoms with Gasteiger partial charge >= 0.3 is 0 Å². The van der Waals surface area contributed by atoms with E-state index in [1.165, 1.54) is 18.0 Å². The van der Waals surface area contributed by atoms with E-state index >= 15 is 0 Å². The van der Waals surface area contributed by atoms with E-state index in [9.17, 15) is 4.79 Å². The minimum Gasteiger partial charge on any atom is -0.272 e. The van der Waals surface area contributed by atoms with Gasteiger partial charge in [-0.25, -0.2) is 5.43 Å². The van der Waals surface area contributed by atoms with Crippen LogP contribution in [-0.2, 0) is 4.79 Å². The van der Waals surface area contributed by atoms with E-state index in [0.717, 1.165) is 16.8 Å². The Labute approximate surface area is 215 Å².